The maximum atomic E-state index is 13.6. The summed E-state index contributed by atoms with van der Waals surface area (Å²) < 4.78 is 78.0. The van der Waals surface area contributed by atoms with Crippen LogP contribution in [0.15, 0.2) is 34.8 Å². The van der Waals surface area contributed by atoms with Crippen molar-refractivity contribution in [1.82, 2.24) is 0 Å². The molecule has 0 unspecified atom stereocenters. The Morgan fingerprint density at radius 2 is 1.35 bits per heavy atom. The van der Waals surface area contributed by atoms with Crippen molar-refractivity contribution in [2.24, 2.45) is 0 Å². The SMILES string of the molecule is Fc1cc(-c2c(F)cc(Br)cc2F)ccc1C(F)(F)F. The number of benzene rings is 2. The first kappa shape index (κ1) is 14.9. The maximum Gasteiger partial charge on any atom is 0.419 e. The van der Waals surface area contributed by atoms with Crippen molar-refractivity contribution >= 4 is 15.9 Å². The minimum absolute atomic E-state index is 0.128. The quantitative estimate of drug-likeness (QED) is 0.589. The van der Waals surface area contributed by atoms with Crippen molar-refractivity contribution in [2.75, 3.05) is 0 Å². The summed E-state index contributed by atoms with van der Waals surface area (Å²) in [6.07, 6.45) is -4.86. The van der Waals surface area contributed by atoms with Crippen molar-refractivity contribution in [3.05, 3.63) is 57.8 Å². The highest BCUT2D eigenvalue weighted by molar-refractivity contribution is 9.10. The minimum Gasteiger partial charge on any atom is -0.206 e. The van der Waals surface area contributed by atoms with Gasteiger partial charge in [0.2, 0.25) is 0 Å². The van der Waals surface area contributed by atoms with Crippen LogP contribution in [0.2, 0.25) is 0 Å². The third-order valence-corrected chi connectivity index (χ3v) is 3.03. The second-order valence-electron chi connectivity index (χ2n) is 3.94. The van der Waals surface area contributed by atoms with Gasteiger partial charge in [-0.2, -0.15) is 13.2 Å². The molecule has 7 heteroatoms. The highest BCUT2D eigenvalue weighted by Gasteiger charge is 2.34. The van der Waals surface area contributed by atoms with Gasteiger partial charge in [-0.05, 0) is 29.8 Å². The van der Waals surface area contributed by atoms with Crippen molar-refractivity contribution in [3.8, 4) is 11.1 Å². The third-order valence-electron chi connectivity index (χ3n) is 2.57. The molecule has 0 saturated heterocycles. The Balaban J connectivity index is 2.59. The summed E-state index contributed by atoms with van der Waals surface area (Å²) in [5.41, 5.74) is -2.38. The molecule has 0 atom stereocenters. The molecule has 2 aromatic rings. The van der Waals surface area contributed by atoms with Gasteiger partial charge in [0.15, 0.2) is 0 Å². The van der Waals surface area contributed by atoms with Crippen LogP contribution in [-0.2, 0) is 6.18 Å². The zero-order valence-corrected chi connectivity index (χ0v) is 11.1. The molecule has 0 bridgehead atoms. The number of hydrogen-bond acceptors (Lipinski definition) is 0. The van der Waals surface area contributed by atoms with Gasteiger partial charge in [-0.15, -0.1) is 0 Å². The molecule has 0 aliphatic heterocycles. The summed E-state index contributed by atoms with van der Waals surface area (Å²) in [6, 6.07) is 3.60. The molecule has 0 N–H and O–H groups in total. The predicted molar refractivity (Wildman–Crippen MR) is 64.5 cm³/mol. The Morgan fingerprint density at radius 1 is 0.800 bits per heavy atom. The highest BCUT2D eigenvalue weighted by Crippen LogP contribution is 2.35. The van der Waals surface area contributed by atoms with Gasteiger partial charge in [0, 0.05) is 4.47 Å². The van der Waals surface area contributed by atoms with Crippen LogP contribution in [0.3, 0.4) is 0 Å². The standard InChI is InChI=1S/C13H5BrF6/c14-7-4-10(16)12(11(17)5-7)6-1-2-8(9(15)3-6)13(18,19)20/h1-5H. The van der Waals surface area contributed by atoms with E-state index < -0.39 is 34.8 Å². The molecule has 0 amide bonds. The fraction of sp³-hybridized carbons (Fsp3) is 0.0769. The molecule has 2 aromatic carbocycles. The molecule has 0 aliphatic carbocycles. The van der Waals surface area contributed by atoms with E-state index in [2.05, 4.69) is 15.9 Å². The Hall–Kier alpha value is -1.50. The van der Waals surface area contributed by atoms with Crippen molar-refractivity contribution < 1.29 is 26.3 Å². The number of rotatable bonds is 1. The van der Waals surface area contributed by atoms with E-state index in [0.29, 0.717) is 12.1 Å². The van der Waals surface area contributed by atoms with E-state index in [0.717, 1.165) is 18.2 Å². The summed E-state index contributed by atoms with van der Waals surface area (Å²) in [4.78, 5) is 0. The summed E-state index contributed by atoms with van der Waals surface area (Å²) in [6.45, 7) is 0. The predicted octanol–water partition coefficient (Wildman–Crippen LogP) is 5.55. The van der Waals surface area contributed by atoms with Gasteiger partial charge >= 0.3 is 6.18 Å². The molecule has 0 spiro atoms. The second kappa shape index (κ2) is 5.12. The van der Waals surface area contributed by atoms with Crippen LogP contribution in [0, 0.1) is 17.5 Å². The second-order valence-corrected chi connectivity index (χ2v) is 4.85. The van der Waals surface area contributed by atoms with Gasteiger partial charge in [0.1, 0.15) is 17.5 Å². The first-order chi connectivity index (χ1) is 9.20. The van der Waals surface area contributed by atoms with Crippen LogP contribution in [0.25, 0.3) is 11.1 Å². The van der Waals surface area contributed by atoms with Gasteiger partial charge in [0.05, 0.1) is 11.1 Å². The molecule has 2 rings (SSSR count). The lowest BCUT2D eigenvalue weighted by Gasteiger charge is -2.11. The van der Waals surface area contributed by atoms with E-state index in [-0.39, 0.29) is 10.0 Å². The molecule has 0 radical (unpaired) electrons. The van der Waals surface area contributed by atoms with Crippen molar-refractivity contribution in [2.45, 2.75) is 6.18 Å². The summed E-state index contributed by atoms with van der Waals surface area (Å²) in [7, 11) is 0. The molecule has 0 aliphatic rings. The lowest BCUT2D eigenvalue weighted by atomic mass is 10.0. The molecule has 0 nitrogen and oxygen atoms in total. The third kappa shape index (κ3) is 2.82. The van der Waals surface area contributed by atoms with Gasteiger partial charge in [-0.1, -0.05) is 22.0 Å². The summed E-state index contributed by atoms with van der Waals surface area (Å²) in [5, 5.41) is 0. The normalized spacial score (nSPS) is 11.8. The Morgan fingerprint density at radius 3 is 1.80 bits per heavy atom. The topological polar surface area (TPSA) is 0 Å². The smallest absolute Gasteiger partial charge is 0.206 e. The number of alkyl halides is 3. The van der Waals surface area contributed by atoms with Crippen LogP contribution >= 0.6 is 15.9 Å². The van der Waals surface area contributed by atoms with E-state index in [1.165, 1.54) is 0 Å². The van der Waals surface area contributed by atoms with Crippen LogP contribution in [0.1, 0.15) is 5.56 Å². The lowest BCUT2D eigenvalue weighted by molar-refractivity contribution is -0.139. The van der Waals surface area contributed by atoms with Gasteiger partial charge < -0.3 is 0 Å². The van der Waals surface area contributed by atoms with Gasteiger partial charge in [0.25, 0.3) is 0 Å². The van der Waals surface area contributed by atoms with Crippen LogP contribution in [0.4, 0.5) is 26.3 Å². The molecular formula is C13H5BrF6. The van der Waals surface area contributed by atoms with E-state index in [4.69, 9.17) is 0 Å². The Bertz CT molecular complexity index is 639. The molecule has 0 fully saturated rings. The van der Waals surface area contributed by atoms with E-state index in [1.807, 2.05) is 0 Å². The van der Waals surface area contributed by atoms with E-state index in [1.54, 1.807) is 0 Å². The monoisotopic (exact) mass is 354 g/mol. The Kier molecular flexibility index (Phi) is 3.82. The van der Waals surface area contributed by atoms with Gasteiger partial charge in [-0.25, -0.2) is 13.2 Å². The first-order valence-electron chi connectivity index (χ1n) is 5.22. The molecular weight excluding hydrogens is 350 g/mol. The molecule has 0 saturated carbocycles. The number of hydrogen-bond donors (Lipinski definition) is 0. The van der Waals surface area contributed by atoms with Crippen molar-refractivity contribution in [3.63, 3.8) is 0 Å². The fourth-order valence-corrected chi connectivity index (χ4v) is 2.12. The maximum absolute atomic E-state index is 13.6. The number of halogens is 7. The summed E-state index contributed by atoms with van der Waals surface area (Å²) >= 11 is 2.87. The molecule has 0 aromatic heterocycles. The first-order valence-corrected chi connectivity index (χ1v) is 6.01. The average Bonchev–Trinajstić information content (AvgIpc) is 2.25. The molecule has 0 heterocycles. The van der Waals surface area contributed by atoms with E-state index >= 15 is 0 Å². The fourth-order valence-electron chi connectivity index (χ4n) is 1.72. The zero-order valence-electron chi connectivity index (χ0n) is 9.53. The lowest BCUT2D eigenvalue weighted by Crippen LogP contribution is -2.08. The Labute approximate surface area is 118 Å². The summed E-state index contributed by atoms with van der Waals surface area (Å²) in [5.74, 6) is -3.59. The van der Waals surface area contributed by atoms with Gasteiger partial charge in [-0.3, -0.25) is 0 Å². The molecule has 20 heavy (non-hydrogen) atoms. The molecule has 106 valence electrons. The van der Waals surface area contributed by atoms with Crippen LogP contribution in [0.5, 0.6) is 0 Å². The van der Waals surface area contributed by atoms with Crippen LogP contribution < -0.4 is 0 Å². The van der Waals surface area contributed by atoms with Crippen LogP contribution in [-0.4, -0.2) is 0 Å². The largest absolute Gasteiger partial charge is 0.419 e. The highest BCUT2D eigenvalue weighted by atomic mass is 79.9. The zero-order chi connectivity index (χ0) is 15.1. The van der Waals surface area contributed by atoms with Crippen molar-refractivity contribution in [1.29, 1.82) is 0 Å². The average molecular weight is 355 g/mol. The minimum atomic E-state index is -4.86. The van der Waals surface area contributed by atoms with E-state index in [9.17, 15) is 26.3 Å².